The number of ether oxygens (including phenoxy) is 4. The molecule has 2 aliphatic rings. The van der Waals surface area contributed by atoms with E-state index in [1.54, 1.807) is 24.4 Å². The molecule has 2 aliphatic heterocycles. The van der Waals surface area contributed by atoms with E-state index in [4.69, 9.17) is 40.4 Å². The van der Waals surface area contributed by atoms with E-state index in [9.17, 15) is 39.4 Å². The number of carbonyl (C=O) groups excluding carboxylic acids is 2. The third-order valence-electron chi connectivity index (χ3n) is 13.3. The highest BCUT2D eigenvalue weighted by Gasteiger charge is 2.46. The van der Waals surface area contributed by atoms with Crippen molar-refractivity contribution in [2.45, 2.75) is 167 Å². The number of hydrogen-bond donors (Lipinski definition) is 2. The molecule has 3 N–H and O–H groups in total. The van der Waals surface area contributed by atoms with Gasteiger partial charge in [0.2, 0.25) is 0 Å². The van der Waals surface area contributed by atoms with Crippen molar-refractivity contribution in [2.75, 3.05) is 11.1 Å². The number of aromatic nitrogens is 4. The van der Waals surface area contributed by atoms with Crippen LogP contribution in [-0.4, -0.2) is 81.5 Å². The highest BCUT2D eigenvalue weighted by Crippen LogP contribution is 2.43. The first-order valence-corrected chi connectivity index (χ1v) is 30.0. The van der Waals surface area contributed by atoms with Crippen molar-refractivity contribution in [1.29, 1.82) is 0 Å². The molecule has 2 aromatic heterocycles. The fourth-order valence-electron chi connectivity index (χ4n) is 7.21. The maximum atomic E-state index is 12.7. The Hall–Kier alpha value is -5.90. The third-order valence-corrected chi connectivity index (χ3v) is 22.4. The Balaban J connectivity index is 0.000000265. The molecule has 400 valence electrons. The van der Waals surface area contributed by atoms with Crippen LogP contribution in [0.2, 0.25) is 36.3 Å². The van der Waals surface area contributed by atoms with E-state index in [0.717, 1.165) is 12.8 Å². The third kappa shape index (κ3) is 16.6. The van der Waals surface area contributed by atoms with Gasteiger partial charge in [-0.25, -0.2) is 19.2 Å². The minimum absolute atomic E-state index is 0.00132. The molecule has 0 saturated carbocycles. The normalized spacial score (nSPS) is 19.9. The minimum Gasteiger partial charge on any atom is -0.449 e. The second-order valence-corrected chi connectivity index (χ2v) is 30.2. The number of carbonyl (C=O) groups is 2. The lowest BCUT2D eigenvalue weighted by Crippen LogP contribution is -2.45. The number of rotatable bonds is 15. The predicted octanol–water partition coefficient (Wildman–Crippen LogP) is 10.4. The SMILES string of the molecule is CC[C@H]1O[C@@H](n2ccc(N)nc2=O)C[C@H]1O[Si](C)(C)C(C)(C)C.CC[C@H]1O[C@@H](n2ccc(NC(=O)OCc3ccccc3[N+](=O)[O-])nc2=O)C[C@H]1O[Si](C)(C)C(C)(C)C.O=C(Cl)OCc1ccccc1[N+](=O)[O-]. The summed E-state index contributed by atoms with van der Waals surface area (Å²) in [5.41, 5.74) is 3.93. The van der Waals surface area contributed by atoms with Crippen LogP contribution in [0.25, 0.3) is 0 Å². The lowest BCUT2D eigenvalue weighted by atomic mass is 10.1. The van der Waals surface area contributed by atoms with Gasteiger partial charge < -0.3 is 33.5 Å². The molecule has 2 fully saturated rings. The summed E-state index contributed by atoms with van der Waals surface area (Å²) in [6, 6.07) is 15.0. The Morgan fingerprint density at radius 2 is 1.14 bits per heavy atom. The highest BCUT2D eigenvalue weighted by molar-refractivity contribution is 6.74. The predicted molar refractivity (Wildman–Crippen MR) is 279 cm³/mol. The zero-order chi connectivity index (χ0) is 54.6. The Labute approximate surface area is 431 Å². The van der Waals surface area contributed by atoms with E-state index in [-0.39, 0.29) is 88.2 Å². The summed E-state index contributed by atoms with van der Waals surface area (Å²) in [6.07, 6.45) is 3.96. The number of amides is 1. The molecule has 6 atom stereocenters. The van der Waals surface area contributed by atoms with Crippen molar-refractivity contribution in [3.8, 4) is 0 Å². The van der Waals surface area contributed by atoms with Crippen LogP contribution in [-0.2, 0) is 41.0 Å². The van der Waals surface area contributed by atoms with Gasteiger partial charge in [0.25, 0.3) is 11.4 Å². The maximum Gasteiger partial charge on any atom is 0.413 e. The van der Waals surface area contributed by atoms with Crippen molar-refractivity contribution >= 4 is 62.8 Å². The van der Waals surface area contributed by atoms with E-state index >= 15 is 0 Å². The second-order valence-electron chi connectivity index (χ2n) is 20.4. The summed E-state index contributed by atoms with van der Waals surface area (Å²) in [7, 11) is -3.91. The lowest BCUT2D eigenvalue weighted by Gasteiger charge is -2.39. The minimum atomic E-state index is -2.02. The standard InChI is InChI=1S/C24H34N4O7Si.C16H29N3O3Si.C8H6ClNO4/c1-7-18-19(35-36(5,6)24(2,3)4)14-21(34-18)27-13-12-20(25-22(27)29)26-23(30)33-15-16-10-8-9-11-17(16)28(31)32;1-7-11-12(22-23(5,6)16(2,3)4)10-14(21-11)19-9-8-13(17)18-15(19)20;9-8(11)14-5-6-3-1-2-4-7(6)10(12)13/h8-13,18-19,21H,7,14-15H2,1-6H3,(H,25,26,29,30);8-9,11-12,14H,7,10H2,1-6H3,(H2,17,18,20);1-4H,5H2/t18-,19-,21-;11-,12-,14-;/m11./s1. The molecular weight excluding hydrogens is 1000 g/mol. The van der Waals surface area contributed by atoms with Crippen molar-refractivity contribution < 1.29 is 47.2 Å². The van der Waals surface area contributed by atoms with Crippen LogP contribution in [0, 0.1) is 20.2 Å². The van der Waals surface area contributed by atoms with Crippen molar-refractivity contribution in [3.05, 3.63) is 125 Å². The van der Waals surface area contributed by atoms with Crippen molar-refractivity contribution in [3.63, 3.8) is 0 Å². The number of nitro groups is 2. The van der Waals surface area contributed by atoms with Gasteiger partial charge in [0, 0.05) is 49.0 Å². The van der Waals surface area contributed by atoms with Crippen LogP contribution in [0.5, 0.6) is 0 Å². The molecular formula is C48H69ClN8O14Si2. The molecule has 0 unspecified atom stereocenters. The average molecular weight is 1070 g/mol. The first-order valence-electron chi connectivity index (χ1n) is 23.8. The fraction of sp³-hybridized carbons (Fsp3) is 0.542. The molecule has 0 radical (unpaired) electrons. The zero-order valence-electron chi connectivity index (χ0n) is 43.5. The number of hydrogen-bond acceptors (Lipinski definition) is 17. The summed E-state index contributed by atoms with van der Waals surface area (Å²) in [6.45, 7) is 25.7. The summed E-state index contributed by atoms with van der Waals surface area (Å²) in [5.74, 6) is 0.230. The summed E-state index contributed by atoms with van der Waals surface area (Å²) >= 11 is 4.93. The number of anilines is 2. The number of nitro benzene ring substituents is 2. The smallest absolute Gasteiger partial charge is 0.413 e. The number of nitrogen functional groups attached to an aromatic ring is 1. The summed E-state index contributed by atoms with van der Waals surface area (Å²) < 4.78 is 37.7. The zero-order valence-corrected chi connectivity index (χ0v) is 46.2. The molecule has 4 aromatic rings. The van der Waals surface area contributed by atoms with Crippen LogP contribution in [0.4, 0.5) is 32.6 Å². The van der Waals surface area contributed by atoms with Gasteiger partial charge in [-0.05, 0) is 73.4 Å². The molecule has 73 heavy (non-hydrogen) atoms. The van der Waals surface area contributed by atoms with Crippen LogP contribution in [0.3, 0.4) is 0 Å². The Morgan fingerprint density at radius 1 is 0.726 bits per heavy atom. The molecule has 6 rings (SSSR count). The highest BCUT2D eigenvalue weighted by atomic mass is 35.5. The van der Waals surface area contributed by atoms with Gasteiger partial charge in [-0.15, -0.1) is 0 Å². The van der Waals surface area contributed by atoms with Crippen LogP contribution >= 0.6 is 11.6 Å². The largest absolute Gasteiger partial charge is 0.449 e. The van der Waals surface area contributed by atoms with Crippen LogP contribution in [0.1, 0.15) is 105 Å². The monoisotopic (exact) mass is 1070 g/mol. The summed E-state index contributed by atoms with van der Waals surface area (Å²) in [4.78, 5) is 75.4. The number of benzene rings is 2. The second kappa shape index (κ2) is 25.4. The number of halogens is 1. The molecule has 0 aliphatic carbocycles. The molecule has 2 aromatic carbocycles. The van der Waals surface area contributed by atoms with Gasteiger partial charge in [0.05, 0.1) is 45.4 Å². The molecule has 1 amide bonds. The van der Waals surface area contributed by atoms with Gasteiger partial charge in [0.15, 0.2) is 16.6 Å². The number of nitrogens with one attached hydrogen (secondary N) is 1. The quantitative estimate of drug-likeness (QED) is 0.0484. The fourth-order valence-corrected chi connectivity index (χ4v) is 9.98. The molecule has 0 spiro atoms. The first-order chi connectivity index (χ1) is 34.0. The van der Waals surface area contributed by atoms with Crippen molar-refractivity contribution in [2.24, 2.45) is 0 Å². The van der Waals surface area contributed by atoms with Crippen LogP contribution in [0.15, 0.2) is 82.6 Å². The van der Waals surface area contributed by atoms with E-state index in [1.807, 2.05) is 6.92 Å². The molecule has 4 heterocycles. The number of nitrogens with zero attached hydrogens (tertiary/aromatic N) is 6. The topological polar surface area (TPSA) is 284 Å². The van der Waals surface area contributed by atoms with E-state index in [2.05, 4.69) is 94.7 Å². The average Bonchev–Trinajstić information content (AvgIpc) is 3.89. The number of nitrogens with two attached hydrogens (primary N) is 1. The molecule has 2 saturated heterocycles. The Kier molecular flexibility index (Phi) is 20.7. The Bertz CT molecular complexity index is 2680. The van der Waals surface area contributed by atoms with E-state index in [0.29, 0.717) is 18.4 Å². The van der Waals surface area contributed by atoms with Gasteiger partial charge >= 0.3 is 22.9 Å². The van der Waals surface area contributed by atoms with Gasteiger partial charge in [-0.3, -0.25) is 34.7 Å². The first kappa shape index (κ1) is 59.7. The summed E-state index contributed by atoms with van der Waals surface area (Å²) in [5, 5.41) is 24.2. The lowest BCUT2D eigenvalue weighted by molar-refractivity contribution is -0.386. The van der Waals surface area contributed by atoms with E-state index in [1.165, 1.54) is 57.8 Å². The van der Waals surface area contributed by atoms with E-state index < -0.39 is 49.9 Å². The molecule has 25 heteroatoms. The van der Waals surface area contributed by atoms with Gasteiger partial charge in [-0.1, -0.05) is 79.7 Å². The molecule has 0 bridgehead atoms. The Morgan fingerprint density at radius 3 is 1.52 bits per heavy atom. The molecule has 22 nitrogen and oxygen atoms in total. The maximum absolute atomic E-state index is 12.7. The van der Waals surface area contributed by atoms with Gasteiger partial charge in [0.1, 0.15) is 37.3 Å². The van der Waals surface area contributed by atoms with Crippen LogP contribution < -0.4 is 22.4 Å². The van der Waals surface area contributed by atoms with Gasteiger partial charge in [-0.2, -0.15) is 9.97 Å². The number of para-hydroxylation sites is 2. The van der Waals surface area contributed by atoms with Crippen molar-refractivity contribution in [1.82, 2.24) is 19.1 Å².